The fourth-order valence-electron chi connectivity index (χ4n) is 7.25. The molecule has 16 heteroatoms. The first-order valence-corrected chi connectivity index (χ1v) is 21.5. The largest absolute Gasteiger partial charge is 0.488 e. The van der Waals surface area contributed by atoms with Gasteiger partial charge in [-0.2, -0.15) is 0 Å². The van der Waals surface area contributed by atoms with Gasteiger partial charge in [-0.1, -0.05) is 82.6 Å². The lowest BCUT2D eigenvalue weighted by Gasteiger charge is -2.27. The molecule has 64 heavy (non-hydrogen) atoms. The smallest absolute Gasteiger partial charge is 0.407 e. The number of carbonyl (C=O) groups excluding carboxylic acids is 4. The number of methoxy groups -OCH3 is 3. The van der Waals surface area contributed by atoms with Gasteiger partial charge < -0.3 is 49.3 Å². The molecule has 7 rings (SSSR count). The Labute approximate surface area is 374 Å². The zero-order valence-corrected chi connectivity index (χ0v) is 38.0. The number of H-pyrrole nitrogens is 2. The summed E-state index contributed by atoms with van der Waals surface area (Å²) in [6, 6.07) is 22.6. The monoisotopic (exact) mass is 876 g/mol. The van der Waals surface area contributed by atoms with Crippen molar-refractivity contribution in [3.8, 4) is 28.1 Å². The number of amides is 4. The fraction of sp³-hybridized carbons (Fsp3) is 0.375. The number of carbonyl (C=O) groups is 4. The van der Waals surface area contributed by atoms with E-state index in [1.54, 1.807) is 42.3 Å². The Bertz CT molecular complexity index is 2500. The van der Waals surface area contributed by atoms with E-state index in [9.17, 15) is 19.2 Å². The highest BCUT2D eigenvalue weighted by atomic mass is 16.5. The Hall–Kier alpha value is -6.94. The molecule has 1 atom stereocenters. The van der Waals surface area contributed by atoms with Gasteiger partial charge in [-0.25, -0.2) is 19.6 Å². The van der Waals surface area contributed by atoms with Crippen LogP contribution in [0.15, 0.2) is 79.0 Å². The van der Waals surface area contributed by atoms with Crippen molar-refractivity contribution >= 4 is 45.8 Å². The van der Waals surface area contributed by atoms with Gasteiger partial charge in [-0.15, -0.1) is 0 Å². The minimum atomic E-state index is -0.923. The van der Waals surface area contributed by atoms with E-state index in [1.165, 1.54) is 20.6 Å². The van der Waals surface area contributed by atoms with Crippen LogP contribution >= 0.6 is 0 Å². The van der Waals surface area contributed by atoms with Crippen molar-refractivity contribution in [1.82, 2.24) is 40.4 Å². The molecule has 4 amide bonds. The molecule has 0 radical (unpaired) electrons. The summed E-state index contributed by atoms with van der Waals surface area (Å²) < 4.78 is 20.0. The third-order valence-electron chi connectivity index (χ3n) is 10.1. The van der Waals surface area contributed by atoms with Crippen LogP contribution in [0.1, 0.15) is 75.8 Å². The number of benzene rings is 4. The number of hydrogen-bond donors (Lipinski definition) is 4. The summed E-state index contributed by atoms with van der Waals surface area (Å²) in [5.74, 6) is 1.50. The van der Waals surface area contributed by atoms with Gasteiger partial charge in [0.1, 0.15) is 36.6 Å². The zero-order valence-electron chi connectivity index (χ0n) is 38.0. The summed E-state index contributed by atoms with van der Waals surface area (Å²) in [7, 11) is 5.77. The summed E-state index contributed by atoms with van der Waals surface area (Å²) in [6.07, 6.45) is 3.12. The Morgan fingerprint density at radius 2 is 1.48 bits per heavy atom. The van der Waals surface area contributed by atoms with E-state index in [0.717, 1.165) is 61.9 Å². The van der Waals surface area contributed by atoms with Crippen molar-refractivity contribution in [2.45, 2.75) is 72.7 Å². The molecule has 0 unspecified atom stereocenters. The number of nitrogens with zero attached hydrogens (tertiary/aromatic N) is 4. The first-order valence-electron chi connectivity index (χ1n) is 21.5. The molecule has 4 aromatic carbocycles. The standard InChI is InChI=1S/C43H46N8O7.C3H8.C2H6O/c1-5-16-50(38(52)22-45-42(54)56-3)23-36-44-21-34(47-36)28-12-14-30-29(18-28)25-58-35-20-31-27(19-32(30)35)13-15-33-40(31)48-37(46-33)24-51(17-6-2)41(53)39(49-43(55)57-4)26-10-8-7-9-11-26;2*1-3-2/h7-15,18-21,39H,5-6,16-17,22-25H2,1-4H3,(H,44,47)(H,45,54)(H,46,48)(H,49,55);3H2,1-2H3;1-2H3/t39-;;/m1../s1. The molecule has 0 bridgehead atoms. The zero-order chi connectivity index (χ0) is 46.2. The van der Waals surface area contributed by atoms with E-state index in [0.29, 0.717) is 43.3 Å². The number of rotatable bonds is 14. The van der Waals surface area contributed by atoms with Crippen LogP contribution in [0, 0.1) is 0 Å². The van der Waals surface area contributed by atoms with Gasteiger partial charge in [-0.3, -0.25) is 9.59 Å². The number of nitrogens with one attached hydrogen (secondary N) is 4. The Balaban J connectivity index is 0.00000122. The van der Waals surface area contributed by atoms with Gasteiger partial charge in [0.05, 0.1) is 50.2 Å². The quantitative estimate of drug-likeness (QED) is 0.0828. The average Bonchev–Trinajstić information content (AvgIpc) is 3.96. The third-order valence-corrected chi connectivity index (χ3v) is 10.1. The van der Waals surface area contributed by atoms with E-state index in [2.05, 4.69) is 67.1 Å². The molecule has 1 aliphatic rings. The second-order valence-corrected chi connectivity index (χ2v) is 15.1. The van der Waals surface area contributed by atoms with Crippen molar-refractivity contribution in [3.63, 3.8) is 0 Å². The molecule has 0 fully saturated rings. The van der Waals surface area contributed by atoms with E-state index in [1.807, 2.05) is 56.3 Å². The van der Waals surface area contributed by atoms with Crippen LogP contribution in [-0.2, 0) is 43.5 Å². The summed E-state index contributed by atoms with van der Waals surface area (Å²) in [5, 5.41) is 7.06. The molecule has 3 heterocycles. The molecule has 0 saturated carbocycles. The second-order valence-electron chi connectivity index (χ2n) is 15.1. The maximum absolute atomic E-state index is 14.0. The summed E-state index contributed by atoms with van der Waals surface area (Å²) in [4.78, 5) is 70.1. The third kappa shape index (κ3) is 11.9. The highest BCUT2D eigenvalue weighted by molar-refractivity contribution is 6.07. The SMILES string of the molecule is CCC.CCCN(Cc1ncc(-c2ccc3c(c2)COc2cc4c(ccc5[nH]c(CN(CCC)C(=O)[C@H](NC(=O)OC)c6ccccc6)nc54)cc2-3)[nH]1)C(=O)CNC(=O)OC.COC. The highest BCUT2D eigenvalue weighted by Gasteiger charge is 2.29. The van der Waals surface area contributed by atoms with E-state index >= 15 is 0 Å². The van der Waals surface area contributed by atoms with Crippen molar-refractivity contribution in [3.05, 3.63) is 102 Å². The minimum Gasteiger partial charge on any atom is -0.488 e. The van der Waals surface area contributed by atoms with Crippen molar-refractivity contribution in [1.29, 1.82) is 0 Å². The van der Waals surface area contributed by atoms with Crippen LogP contribution in [0.2, 0.25) is 0 Å². The predicted octanol–water partition coefficient (Wildman–Crippen LogP) is 8.28. The lowest BCUT2D eigenvalue weighted by molar-refractivity contribution is -0.134. The molecule has 340 valence electrons. The van der Waals surface area contributed by atoms with Crippen LogP contribution in [0.5, 0.6) is 5.75 Å². The minimum absolute atomic E-state index is 0.162. The van der Waals surface area contributed by atoms with Crippen LogP contribution in [-0.4, -0.2) is 102 Å². The number of ether oxygens (including phenoxy) is 4. The molecule has 2 aromatic heterocycles. The molecule has 0 spiro atoms. The predicted molar refractivity (Wildman–Crippen MR) is 246 cm³/mol. The molecule has 1 aliphatic heterocycles. The molecule has 16 nitrogen and oxygen atoms in total. The van der Waals surface area contributed by atoms with Crippen molar-refractivity contribution < 1.29 is 38.1 Å². The summed E-state index contributed by atoms with van der Waals surface area (Å²) in [5.41, 5.74) is 7.06. The van der Waals surface area contributed by atoms with Gasteiger partial charge in [0.25, 0.3) is 0 Å². The van der Waals surface area contributed by atoms with Gasteiger partial charge >= 0.3 is 12.2 Å². The number of alkyl carbamates (subject to hydrolysis) is 2. The molecular weight excluding hydrogens is 817 g/mol. The number of aromatic nitrogens is 4. The van der Waals surface area contributed by atoms with Gasteiger partial charge in [0.2, 0.25) is 11.8 Å². The molecular formula is C48H60N8O8. The summed E-state index contributed by atoms with van der Waals surface area (Å²) >= 11 is 0. The van der Waals surface area contributed by atoms with Crippen LogP contribution in [0.4, 0.5) is 9.59 Å². The van der Waals surface area contributed by atoms with Gasteiger partial charge in [0.15, 0.2) is 0 Å². The highest BCUT2D eigenvalue weighted by Crippen LogP contribution is 2.42. The summed E-state index contributed by atoms with van der Waals surface area (Å²) in [6.45, 7) is 9.90. The molecule has 4 N–H and O–H groups in total. The topological polar surface area (TPSA) is 193 Å². The van der Waals surface area contributed by atoms with Gasteiger partial charge in [-0.05, 0) is 64.7 Å². The second kappa shape index (κ2) is 23.5. The van der Waals surface area contributed by atoms with Crippen LogP contribution < -0.4 is 15.4 Å². The maximum atomic E-state index is 14.0. The first-order chi connectivity index (χ1) is 31.0. The van der Waals surface area contributed by atoms with Gasteiger partial charge in [0, 0.05) is 38.3 Å². The number of aromatic amines is 2. The number of hydrogen-bond acceptors (Lipinski definition) is 10. The lowest BCUT2D eigenvalue weighted by atomic mass is 9.92. The van der Waals surface area contributed by atoms with E-state index < -0.39 is 18.2 Å². The number of imidazole rings is 2. The lowest BCUT2D eigenvalue weighted by Crippen LogP contribution is -2.43. The van der Waals surface area contributed by atoms with Crippen LogP contribution in [0.3, 0.4) is 0 Å². The normalized spacial score (nSPS) is 11.6. The molecule has 0 saturated heterocycles. The Morgan fingerprint density at radius 1 is 0.797 bits per heavy atom. The van der Waals surface area contributed by atoms with E-state index in [4.69, 9.17) is 14.5 Å². The number of fused-ring (bicyclic) bond motifs is 6. The average molecular weight is 877 g/mol. The van der Waals surface area contributed by atoms with Crippen molar-refractivity contribution in [2.75, 3.05) is 48.1 Å². The maximum Gasteiger partial charge on any atom is 0.407 e. The van der Waals surface area contributed by atoms with Crippen molar-refractivity contribution in [2.24, 2.45) is 0 Å². The Morgan fingerprint density at radius 3 is 2.17 bits per heavy atom. The first kappa shape index (κ1) is 48.1. The molecule has 0 aliphatic carbocycles. The van der Waals surface area contributed by atoms with E-state index in [-0.39, 0.29) is 31.4 Å². The molecule has 6 aromatic rings. The Kier molecular flexibility index (Phi) is 17.7. The van der Waals surface area contributed by atoms with Crippen LogP contribution in [0.25, 0.3) is 44.2 Å². The fourth-order valence-corrected chi connectivity index (χ4v) is 7.25.